The van der Waals surface area contributed by atoms with Gasteiger partial charge >= 0.3 is 0 Å². The maximum absolute atomic E-state index is 5.90. The first-order chi connectivity index (χ1) is 19.3. The molecule has 186 valence electrons. The van der Waals surface area contributed by atoms with Gasteiger partial charge in [-0.1, -0.05) is 146 Å². The summed E-state index contributed by atoms with van der Waals surface area (Å²) in [5.41, 5.74) is 8.30. The van der Waals surface area contributed by atoms with Gasteiger partial charge in [0.15, 0.2) is 5.84 Å². The van der Waals surface area contributed by atoms with Crippen LogP contribution < -0.4 is 5.84 Å². The Morgan fingerprint density at radius 3 is 1.56 bits per heavy atom. The van der Waals surface area contributed by atoms with E-state index in [1.54, 1.807) is 0 Å². The zero-order valence-corrected chi connectivity index (χ0v) is 21.4. The molecule has 3 nitrogen and oxygen atoms in total. The van der Waals surface area contributed by atoms with Gasteiger partial charge in [0.05, 0.1) is 5.71 Å². The Hall–Kier alpha value is -5.28. The standard InChI is InChI=1S/C36H27N3/c37-39-36(32-22-17-29(18-23-32)34-24-19-27-11-7-8-14-33(27)25-34)38-35(30-12-5-2-6-13-30)31-20-15-28(16-21-31)26-9-3-1-4-10-26/h1-25H,37H2/b38-35-,39-36-. The lowest BCUT2D eigenvalue weighted by molar-refractivity contribution is 1.23. The molecule has 0 bridgehead atoms. The average Bonchev–Trinajstić information content (AvgIpc) is 3.02. The van der Waals surface area contributed by atoms with Gasteiger partial charge in [0.25, 0.3) is 0 Å². The minimum absolute atomic E-state index is 0.478. The molecule has 0 aliphatic heterocycles. The summed E-state index contributed by atoms with van der Waals surface area (Å²) in [7, 11) is 0. The number of amidine groups is 1. The third kappa shape index (κ3) is 5.25. The van der Waals surface area contributed by atoms with Gasteiger partial charge in [0.1, 0.15) is 0 Å². The Kier molecular flexibility index (Phi) is 6.79. The molecule has 2 N–H and O–H groups in total. The second kappa shape index (κ2) is 11.0. The Labute approximate surface area is 228 Å². The van der Waals surface area contributed by atoms with Crippen molar-refractivity contribution in [3.8, 4) is 22.3 Å². The monoisotopic (exact) mass is 501 g/mol. The molecule has 0 radical (unpaired) electrons. The molecule has 0 saturated heterocycles. The summed E-state index contributed by atoms with van der Waals surface area (Å²) in [6.07, 6.45) is 0. The third-order valence-electron chi connectivity index (χ3n) is 6.88. The summed E-state index contributed by atoms with van der Waals surface area (Å²) in [5, 5.41) is 6.54. The highest BCUT2D eigenvalue weighted by Crippen LogP contribution is 2.26. The fourth-order valence-electron chi connectivity index (χ4n) is 4.80. The topological polar surface area (TPSA) is 50.7 Å². The molecule has 0 amide bonds. The van der Waals surface area contributed by atoms with E-state index in [1.807, 2.05) is 36.4 Å². The number of benzene rings is 6. The van der Waals surface area contributed by atoms with E-state index in [1.165, 1.54) is 21.9 Å². The third-order valence-corrected chi connectivity index (χ3v) is 6.88. The molecule has 0 atom stereocenters. The Bertz CT molecular complexity index is 1770. The van der Waals surface area contributed by atoms with Crippen molar-refractivity contribution < 1.29 is 0 Å². The summed E-state index contributed by atoms with van der Waals surface area (Å²) < 4.78 is 0. The SMILES string of the molecule is N/N=C(\N=C(\c1ccccc1)c1ccc(-c2ccccc2)cc1)c1ccc(-c2ccc3ccccc3c2)cc1. The number of fused-ring (bicyclic) bond motifs is 1. The second-order valence-corrected chi connectivity index (χ2v) is 9.36. The van der Waals surface area contributed by atoms with Gasteiger partial charge in [0, 0.05) is 16.7 Å². The molecule has 39 heavy (non-hydrogen) atoms. The summed E-state index contributed by atoms with van der Waals surface area (Å²) in [6.45, 7) is 0. The lowest BCUT2D eigenvalue weighted by Crippen LogP contribution is -2.10. The largest absolute Gasteiger partial charge is 0.321 e. The Morgan fingerprint density at radius 2 is 0.897 bits per heavy atom. The van der Waals surface area contributed by atoms with Crippen molar-refractivity contribution in [2.45, 2.75) is 0 Å². The predicted octanol–water partition coefficient (Wildman–Crippen LogP) is 8.33. The maximum atomic E-state index is 5.90. The molecule has 0 fully saturated rings. The van der Waals surface area contributed by atoms with Crippen LogP contribution in [0.15, 0.2) is 162 Å². The number of nitrogens with two attached hydrogens (primary N) is 1. The molecule has 0 aliphatic carbocycles. The first-order valence-corrected chi connectivity index (χ1v) is 13.0. The summed E-state index contributed by atoms with van der Waals surface area (Å²) >= 11 is 0. The number of aliphatic imine (C=N–C) groups is 1. The lowest BCUT2D eigenvalue weighted by atomic mass is 9.98. The van der Waals surface area contributed by atoms with Gasteiger partial charge in [0.2, 0.25) is 0 Å². The van der Waals surface area contributed by atoms with Crippen LogP contribution in [0.4, 0.5) is 0 Å². The molecular formula is C36H27N3. The van der Waals surface area contributed by atoms with E-state index in [0.717, 1.165) is 33.5 Å². The number of rotatable bonds is 5. The molecular weight excluding hydrogens is 474 g/mol. The molecule has 0 heterocycles. The van der Waals surface area contributed by atoms with E-state index in [0.29, 0.717) is 5.84 Å². The fourth-order valence-corrected chi connectivity index (χ4v) is 4.80. The number of nitrogens with zero attached hydrogens (tertiary/aromatic N) is 2. The van der Waals surface area contributed by atoms with E-state index in [-0.39, 0.29) is 0 Å². The van der Waals surface area contributed by atoms with Crippen molar-refractivity contribution in [3.63, 3.8) is 0 Å². The number of hydrogen-bond acceptors (Lipinski definition) is 2. The minimum atomic E-state index is 0.478. The van der Waals surface area contributed by atoms with Crippen molar-refractivity contribution in [1.29, 1.82) is 0 Å². The van der Waals surface area contributed by atoms with Crippen LogP contribution in [0.25, 0.3) is 33.0 Å². The minimum Gasteiger partial charge on any atom is -0.321 e. The summed E-state index contributed by atoms with van der Waals surface area (Å²) in [4.78, 5) is 4.99. The molecule has 3 heteroatoms. The van der Waals surface area contributed by atoms with Gasteiger partial charge < -0.3 is 5.84 Å². The second-order valence-electron chi connectivity index (χ2n) is 9.36. The molecule has 0 unspecified atom stereocenters. The molecule has 6 aromatic rings. The lowest BCUT2D eigenvalue weighted by Gasteiger charge is -2.11. The van der Waals surface area contributed by atoms with Gasteiger partial charge in [-0.2, -0.15) is 5.10 Å². The fraction of sp³-hybridized carbons (Fsp3) is 0. The quantitative estimate of drug-likeness (QED) is 0.110. The normalized spacial score (nSPS) is 12.0. The van der Waals surface area contributed by atoms with Crippen LogP contribution in [-0.4, -0.2) is 11.5 Å². The van der Waals surface area contributed by atoms with E-state index in [4.69, 9.17) is 10.8 Å². The van der Waals surface area contributed by atoms with E-state index >= 15 is 0 Å². The number of hydrazone groups is 1. The van der Waals surface area contributed by atoms with Crippen LogP contribution in [0.3, 0.4) is 0 Å². The zero-order chi connectivity index (χ0) is 26.4. The average molecular weight is 502 g/mol. The van der Waals surface area contributed by atoms with Crippen molar-refractivity contribution in [3.05, 3.63) is 168 Å². The maximum Gasteiger partial charge on any atom is 0.179 e. The first kappa shape index (κ1) is 24.1. The highest BCUT2D eigenvalue weighted by Gasteiger charge is 2.12. The zero-order valence-electron chi connectivity index (χ0n) is 21.4. The predicted molar refractivity (Wildman–Crippen MR) is 164 cm³/mol. The van der Waals surface area contributed by atoms with Crippen molar-refractivity contribution >= 4 is 22.3 Å². The molecule has 0 saturated carbocycles. The molecule has 0 aromatic heterocycles. The Balaban J connectivity index is 1.34. The summed E-state index contributed by atoms with van der Waals surface area (Å²) in [6, 6.07) is 52.1. The van der Waals surface area contributed by atoms with Gasteiger partial charge in [-0.15, -0.1) is 0 Å². The first-order valence-electron chi connectivity index (χ1n) is 13.0. The van der Waals surface area contributed by atoms with Crippen LogP contribution in [0.2, 0.25) is 0 Å². The highest BCUT2D eigenvalue weighted by molar-refractivity contribution is 6.19. The van der Waals surface area contributed by atoms with Gasteiger partial charge in [-0.05, 0) is 39.1 Å². The summed E-state index contributed by atoms with van der Waals surface area (Å²) in [5.74, 6) is 6.38. The van der Waals surface area contributed by atoms with Gasteiger partial charge in [-0.3, -0.25) is 0 Å². The molecule has 0 spiro atoms. The smallest absolute Gasteiger partial charge is 0.179 e. The molecule has 6 aromatic carbocycles. The van der Waals surface area contributed by atoms with Gasteiger partial charge in [-0.25, -0.2) is 4.99 Å². The van der Waals surface area contributed by atoms with Crippen molar-refractivity contribution in [1.82, 2.24) is 0 Å². The highest BCUT2D eigenvalue weighted by atomic mass is 15.2. The van der Waals surface area contributed by atoms with Crippen LogP contribution in [0.5, 0.6) is 0 Å². The van der Waals surface area contributed by atoms with E-state index in [2.05, 4.69) is 120 Å². The van der Waals surface area contributed by atoms with Crippen LogP contribution in [-0.2, 0) is 0 Å². The van der Waals surface area contributed by atoms with Crippen molar-refractivity contribution in [2.24, 2.45) is 15.9 Å². The van der Waals surface area contributed by atoms with E-state index < -0.39 is 0 Å². The molecule has 6 rings (SSSR count). The van der Waals surface area contributed by atoms with Crippen molar-refractivity contribution in [2.75, 3.05) is 0 Å². The van der Waals surface area contributed by atoms with Crippen LogP contribution in [0.1, 0.15) is 16.7 Å². The molecule has 0 aliphatic rings. The van der Waals surface area contributed by atoms with Crippen LogP contribution in [0, 0.1) is 0 Å². The Morgan fingerprint density at radius 1 is 0.410 bits per heavy atom. The number of hydrogen-bond donors (Lipinski definition) is 1. The van der Waals surface area contributed by atoms with E-state index in [9.17, 15) is 0 Å². The van der Waals surface area contributed by atoms with Crippen LogP contribution >= 0.6 is 0 Å².